The number of ether oxygens (including phenoxy) is 1. The molecule has 0 fully saturated rings. The average molecular weight is 452 g/mol. The van der Waals surface area contributed by atoms with E-state index < -0.39 is 17.7 Å². The molecular weight excluding hydrogens is 439 g/mol. The maximum absolute atomic E-state index is 12.8. The summed E-state index contributed by atoms with van der Waals surface area (Å²) in [6.07, 6.45) is -3.50. The van der Waals surface area contributed by atoms with Crippen LogP contribution in [0.3, 0.4) is 0 Å². The van der Waals surface area contributed by atoms with Crippen LogP contribution < -0.4 is 5.43 Å². The van der Waals surface area contributed by atoms with Crippen LogP contribution in [0, 0.1) is 0 Å². The number of phenols is 1. The van der Waals surface area contributed by atoms with Crippen molar-refractivity contribution in [2.24, 2.45) is 5.10 Å². The van der Waals surface area contributed by atoms with Crippen LogP contribution >= 0.6 is 27.3 Å². The molecule has 1 aromatic heterocycles. The highest BCUT2D eigenvalue weighted by Crippen LogP contribution is 2.36. The van der Waals surface area contributed by atoms with Crippen molar-refractivity contribution in [1.82, 2.24) is 4.98 Å². The largest absolute Gasteiger partial charge is 0.506 e. The summed E-state index contributed by atoms with van der Waals surface area (Å²) in [4.78, 5) is 15.5. The van der Waals surface area contributed by atoms with E-state index >= 15 is 0 Å². The third-order valence-corrected chi connectivity index (χ3v) is 4.37. The van der Waals surface area contributed by atoms with Crippen molar-refractivity contribution < 1.29 is 27.8 Å². The van der Waals surface area contributed by atoms with Crippen molar-refractivity contribution in [1.29, 1.82) is 0 Å². The number of halogens is 4. The van der Waals surface area contributed by atoms with Gasteiger partial charge in [-0.3, -0.25) is 10.2 Å². The Morgan fingerprint density at radius 1 is 1.50 bits per heavy atom. The number of aromatic nitrogens is 1. The van der Waals surface area contributed by atoms with Gasteiger partial charge in [0, 0.05) is 10.9 Å². The molecule has 0 amide bonds. The second-order valence-corrected chi connectivity index (χ2v) is 6.60. The van der Waals surface area contributed by atoms with Crippen molar-refractivity contribution in [3.8, 4) is 5.75 Å². The average Bonchev–Trinajstić information content (AvgIpc) is 2.97. The SMILES string of the molecule is CCOC(=O)Cc1csc(NN=Cc2cc(C(F)(F)F)cc(Br)c2O)n1. The van der Waals surface area contributed by atoms with Gasteiger partial charge in [0.15, 0.2) is 0 Å². The van der Waals surface area contributed by atoms with Crippen LogP contribution in [-0.2, 0) is 22.1 Å². The van der Waals surface area contributed by atoms with E-state index in [1.54, 1.807) is 12.3 Å². The summed E-state index contributed by atoms with van der Waals surface area (Å²) in [6.45, 7) is 1.97. The quantitative estimate of drug-likeness (QED) is 0.391. The van der Waals surface area contributed by atoms with E-state index in [-0.39, 0.29) is 28.8 Å². The first-order chi connectivity index (χ1) is 12.2. The molecule has 6 nitrogen and oxygen atoms in total. The van der Waals surface area contributed by atoms with Crippen LogP contribution in [0.1, 0.15) is 23.7 Å². The molecule has 0 aliphatic rings. The van der Waals surface area contributed by atoms with E-state index in [4.69, 9.17) is 4.74 Å². The van der Waals surface area contributed by atoms with Crippen LogP contribution in [0.4, 0.5) is 18.3 Å². The van der Waals surface area contributed by atoms with Crippen molar-refractivity contribution in [2.45, 2.75) is 19.5 Å². The molecule has 0 unspecified atom stereocenters. The molecular formula is C15H13BrF3N3O3S. The van der Waals surface area contributed by atoms with E-state index in [9.17, 15) is 23.1 Å². The molecule has 0 aliphatic carbocycles. The number of nitrogens with one attached hydrogen (secondary N) is 1. The zero-order valence-corrected chi connectivity index (χ0v) is 15.7. The number of esters is 1. The van der Waals surface area contributed by atoms with Crippen LogP contribution in [0.15, 0.2) is 27.1 Å². The Morgan fingerprint density at radius 3 is 2.88 bits per heavy atom. The number of phenolic OH excluding ortho intramolecular Hbond substituents is 1. The number of hydrogen-bond acceptors (Lipinski definition) is 7. The van der Waals surface area contributed by atoms with Gasteiger partial charge in [0.1, 0.15) is 5.75 Å². The molecule has 0 saturated carbocycles. The van der Waals surface area contributed by atoms with Crippen molar-refractivity contribution in [2.75, 3.05) is 12.0 Å². The number of carbonyl (C=O) groups is 1. The van der Waals surface area contributed by atoms with Crippen LogP contribution in [0.2, 0.25) is 0 Å². The fourth-order valence-corrected chi connectivity index (χ4v) is 2.97. The van der Waals surface area contributed by atoms with Crippen LogP contribution in [0.25, 0.3) is 0 Å². The van der Waals surface area contributed by atoms with E-state index in [1.807, 2.05) is 0 Å². The number of thiazole rings is 1. The smallest absolute Gasteiger partial charge is 0.416 e. The summed E-state index contributed by atoms with van der Waals surface area (Å²) in [5.41, 5.74) is 1.98. The summed E-state index contributed by atoms with van der Waals surface area (Å²) in [5, 5.41) is 15.6. The Hall–Kier alpha value is -2.14. The normalized spacial score (nSPS) is 11.7. The summed E-state index contributed by atoms with van der Waals surface area (Å²) < 4.78 is 43.2. The number of carbonyl (C=O) groups excluding carboxylic acids is 1. The Bertz CT molecular complexity index is 824. The minimum Gasteiger partial charge on any atom is -0.506 e. The molecule has 0 atom stereocenters. The van der Waals surface area contributed by atoms with Gasteiger partial charge in [0.2, 0.25) is 5.13 Å². The lowest BCUT2D eigenvalue weighted by Gasteiger charge is -2.10. The molecule has 0 saturated heterocycles. The zero-order valence-electron chi connectivity index (χ0n) is 13.3. The highest BCUT2D eigenvalue weighted by molar-refractivity contribution is 9.10. The van der Waals surface area contributed by atoms with Gasteiger partial charge >= 0.3 is 12.1 Å². The predicted octanol–water partition coefficient (Wildman–Crippen LogP) is 4.18. The fraction of sp³-hybridized carbons (Fsp3) is 0.267. The summed E-state index contributed by atoms with van der Waals surface area (Å²) in [7, 11) is 0. The first kappa shape index (κ1) is 20.2. The third-order valence-electron chi connectivity index (χ3n) is 2.97. The number of benzene rings is 1. The fourth-order valence-electron chi connectivity index (χ4n) is 1.84. The molecule has 0 aliphatic heterocycles. The Morgan fingerprint density at radius 2 is 2.23 bits per heavy atom. The van der Waals surface area contributed by atoms with Crippen LogP contribution in [0.5, 0.6) is 5.75 Å². The molecule has 2 aromatic rings. The first-order valence-corrected chi connectivity index (χ1v) is 8.86. The molecule has 0 bridgehead atoms. The van der Waals surface area contributed by atoms with Gasteiger partial charge in [-0.25, -0.2) is 4.98 Å². The van der Waals surface area contributed by atoms with Gasteiger partial charge in [0.25, 0.3) is 0 Å². The molecule has 140 valence electrons. The number of anilines is 1. The first-order valence-electron chi connectivity index (χ1n) is 7.19. The number of rotatable bonds is 6. The van der Waals surface area contributed by atoms with Crippen molar-refractivity contribution in [3.05, 3.63) is 38.8 Å². The highest BCUT2D eigenvalue weighted by atomic mass is 79.9. The lowest BCUT2D eigenvalue weighted by atomic mass is 10.1. The number of nitrogens with zero attached hydrogens (tertiary/aromatic N) is 2. The number of alkyl halides is 3. The van der Waals surface area contributed by atoms with Gasteiger partial charge in [-0.2, -0.15) is 18.3 Å². The molecule has 2 N–H and O–H groups in total. The Labute approximate surface area is 158 Å². The number of aromatic hydroxyl groups is 1. The van der Waals surface area contributed by atoms with Gasteiger partial charge < -0.3 is 9.84 Å². The summed E-state index contributed by atoms with van der Waals surface area (Å²) in [6, 6.07) is 1.56. The lowest BCUT2D eigenvalue weighted by Crippen LogP contribution is -2.07. The minimum atomic E-state index is -4.55. The molecule has 0 spiro atoms. The van der Waals surface area contributed by atoms with Gasteiger partial charge in [-0.15, -0.1) is 11.3 Å². The van der Waals surface area contributed by atoms with Crippen LogP contribution in [-0.4, -0.2) is 28.9 Å². The molecule has 2 rings (SSSR count). The number of hydrazone groups is 1. The summed E-state index contributed by atoms with van der Waals surface area (Å²) >= 11 is 4.04. The minimum absolute atomic E-state index is 0.0110. The maximum atomic E-state index is 12.8. The molecule has 11 heteroatoms. The monoisotopic (exact) mass is 451 g/mol. The molecule has 26 heavy (non-hydrogen) atoms. The Kier molecular flexibility index (Phi) is 6.59. The van der Waals surface area contributed by atoms with Gasteiger partial charge in [-0.1, -0.05) is 0 Å². The summed E-state index contributed by atoms with van der Waals surface area (Å²) in [5.74, 6) is -0.780. The van der Waals surface area contributed by atoms with Gasteiger partial charge in [0.05, 0.1) is 35.0 Å². The maximum Gasteiger partial charge on any atom is 0.416 e. The second kappa shape index (κ2) is 8.49. The Balaban J connectivity index is 2.08. The van der Waals surface area contributed by atoms with Crippen molar-refractivity contribution in [3.63, 3.8) is 0 Å². The third kappa shape index (κ3) is 5.43. The van der Waals surface area contributed by atoms with Crippen molar-refractivity contribution >= 4 is 44.6 Å². The highest BCUT2D eigenvalue weighted by Gasteiger charge is 2.31. The standard InChI is InChI=1S/C15H13BrF3N3O3S/c1-2-25-12(23)5-10-7-26-14(21-10)22-20-6-8-3-9(15(17,18)19)4-11(16)13(8)24/h3-4,6-7,24H,2,5H2,1H3,(H,21,22). The lowest BCUT2D eigenvalue weighted by molar-refractivity contribution is -0.142. The van der Waals surface area contributed by atoms with E-state index in [0.29, 0.717) is 10.8 Å². The zero-order chi connectivity index (χ0) is 19.3. The second-order valence-electron chi connectivity index (χ2n) is 4.89. The molecule has 1 aromatic carbocycles. The molecule has 0 radical (unpaired) electrons. The predicted molar refractivity (Wildman–Crippen MR) is 94.5 cm³/mol. The molecule has 1 heterocycles. The van der Waals surface area contributed by atoms with E-state index in [0.717, 1.165) is 29.7 Å². The van der Waals surface area contributed by atoms with E-state index in [1.165, 1.54) is 0 Å². The number of hydrogen-bond donors (Lipinski definition) is 2. The van der Waals surface area contributed by atoms with Gasteiger partial charge in [-0.05, 0) is 35.0 Å². The topological polar surface area (TPSA) is 83.8 Å². The van der Waals surface area contributed by atoms with E-state index in [2.05, 4.69) is 31.4 Å².